The van der Waals surface area contributed by atoms with Gasteiger partial charge < -0.3 is 5.32 Å². The summed E-state index contributed by atoms with van der Waals surface area (Å²) in [4.78, 5) is 9.99. The molecule has 19 heavy (non-hydrogen) atoms. The third kappa shape index (κ3) is 3.09. The summed E-state index contributed by atoms with van der Waals surface area (Å²) in [6, 6.07) is 4.85. The second kappa shape index (κ2) is 4.87. The summed E-state index contributed by atoms with van der Waals surface area (Å²) < 4.78 is 27.0. The third-order valence-electron chi connectivity index (χ3n) is 3.11. The molecule has 1 atom stereocenters. The van der Waals surface area contributed by atoms with Gasteiger partial charge in [-0.2, -0.15) is 0 Å². The van der Waals surface area contributed by atoms with Crippen molar-refractivity contribution in [2.45, 2.75) is 23.8 Å². The minimum Gasteiger partial charge on any atom is -0.315 e. The molecule has 1 saturated heterocycles. The number of hydrogen-bond donors (Lipinski definition) is 2. The summed E-state index contributed by atoms with van der Waals surface area (Å²) in [5.41, 5.74) is -0.645. The number of nitrogens with one attached hydrogen (secondary N) is 2. The van der Waals surface area contributed by atoms with Crippen molar-refractivity contribution in [1.82, 2.24) is 10.0 Å². The first-order chi connectivity index (χ1) is 8.82. The molecule has 0 bridgehead atoms. The van der Waals surface area contributed by atoms with Crippen LogP contribution in [0, 0.1) is 10.1 Å². The van der Waals surface area contributed by atoms with Crippen LogP contribution in [0.4, 0.5) is 5.69 Å². The molecule has 8 heteroatoms. The van der Waals surface area contributed by atoms with Gasteiger partial charge in [-0.05, 0) is 32.0 Å². The summed E-state index contributed by atoms with van der Waals surface area (Å²) in [6.45, 7) is 3.16. The van der Waals surface area contributed by atoms with Crippen molar-refractivity contribution in [3.8, 4) is 0 Å². The Morgan fingerprint density at radius 3 is 2.47 bits per heavy atom. The predicted octanol–water partition coefficient (Wildman–Crippen LogP) is 0.625. The van der Waals surface area contributed by atoms with Crippen LogP contribution in [0.3, 0.4) is 0 Å². The van der Waals surface area contributed by atoms with E-state index in [0.29, 0.717) is 13.0 Å². The highest BCUT2D eigenvalue weighted by molar-refractivity contribution is 7.89. The van der Waals surface area contributed by atoms with Crippen LogP contribution in [0.15, 0.2) is 29.2 Å². The van der Waals surface area contributed by atoms with E-state index in [2.05, 4.69) is 10.0 Å². The van der Waals surface area contributed by atoms with Crippen LogP contribution in [0.2, 0.25) is 0 Å². The molecule has 7 nitrogen and oxygen atoms in total. The molecule has 2 N–H and O–H groups in total. The molecule has 0 aliphatic carbocycles. The molecule has 0 spiro atoms. The molecule has 0 aromatic heterocycles. The quantitative estimate of drug-likeness (QED) is 0.624. The fourth-order valence-corrected chi connectivity index (χ4v) is 3.47. The highest BCUT2D eigenvalue weighted by Gasteiger charge is 2.33. The maximum Gasteiger partial charge on any atom is 0.269 e. The normalized spacial score (nSPS) is 23.4. The van der Waals surface area contributed by atoms with Crippen LogP contribution >= 0.6 is 0 Å². The van der Waals surface area contributed by atoms with Crippen LogP contribution in [0.25, 0.3) is 0 Å². The van der Waals surface area contributed by atoms with E-state index in [4.69, 9.17) is 0 Å². The van der Waals surface area contributed by atoms with E-state index in [9.17, 15) is 18.5 Å². The van der Waals surface area contributed by atoms with Gasteiger partial charge >= 0.3 is 0 Å². The lowest BCUT2D eigenvalue weighted by molar-refractivity contribution is -0.384. The second-order valence-corrected chi connectivity index (χ2v) is 6.53. The van der Waals surface area contributed by atoms with Crippen molar-refractivity contribution < 1.29 is 13.3 Å². The fourth-order valence-electron chi connectivity index (χ4n) is 2.03. The molecule has 1 aromatic carbocycles. The average molecular weight is 285 g/mol. The van der Waals surface area contributed by atoms with Crippen LogP contribution in [0.1, 0.15) is 13.3 Å². The first-order valence-corrected chi connectivity index (χ1v) is 7.30. The number of benzene rings is 1. The number of nitro benzene ring substituents is 1. The summed E-state index contributed by atoms with van der Waals surface area (Å²) >= 11 is 0. The van der Waals surface area contributed by atoms with E-state index >= 15 is 0 Å². The zero-order chi connectivity index (χ0) is 14.1. The first-order valence-electron chi connectivity index (χ1n) is 5.82. The molecule has 0 saturated carbocycles. The molecule has 0 amide bonds. The van der Waals surface area contributed by atoms with Crippen LogP contribution < -0.4 is 10.0 Å². The van der Waals surface area contributed by atoms with Crippen molar-refractivity contribution in [2.24, 2.45) is 0 Å². The minimum atomic E-state index is -3.66. The Morgan fingerprint density at radius 2 is 2.00 bits per heavy atom. The van der Waals surface area contributed by atoms with Gasteiger partial charge in [0, 0.05) is 24.2 Å². The van der Waals surface area contributed by atoms with E-state index in [1.807, 2.05) is 6.92 Å². The Hall–Kier alpha value is -1.51. The van der Waals surface area contributed by atoms with Gasteiger partial charge in [-0.3, -0.25) is 10.1 Å². The zero-order valence-corrected chi connectivity index (χ0v) is 11.2. The Bertz CT molecular complexity index is 576. The van der Waals surface area contributed by atoms with Gasteiger partial charge in [-0.25, -0.2) is 13.1 Å². The molecule has 1 aliphatic rings. The second-order valence-electron chi connectivity index (χ2n) is 4.84. The summed E-state index contributed by atoms with van der Waals surface area (Å²) in [6.07, 6.45) is 0.708. The zero-order valence-electron chi connectivity index (χ0n) is 10.4. The molecule has 1 unspecified atom stereocenters. The van der Waals surface area contributed by atoms with E-state index in [0.717, 1.165) is 6.54 Å². The Morgan fingerprint density at radius 1 is 1.37 bits per heavy atom. The highest BCUT2D eigenvalue weighted by atomic mass is 32.2. The van der Waals surface area contributed by atoms with Gasteiger partial charge in [0.2, 0.25) is 10.0 Å². The third-order valence-corrected chi connectivity index (χ3v) is 4.76. The molecule has 1 aliphatic heterocycles. The van der Waals surface area contributed by atoms with Gasteiger partial charge in [0.15, 0.2) is 0 Å². The maximum absolute atomic E-state index is 12.2. The molecule has 1 aromatic rings. The molecule has 1 heterocycles. The molecular formula is C11H15N3O4S. The molecule has 104 valence electrons. The van der Waals surface area contributed by atoms with Gasteiger partial charge in [-0.15, -0.1) is 0 Å². The number of rotatable bonds is 4. The lowest BCUT2D eigenvalue weighted by Gasteiger charge is -2.24. The summed E-state index contributed by atoms with van der Waals surface area (Å²) in [5.74, 6) is 0. The smallest absolute Gasteiger partial charge is 0.269 e. The van der Waals surface area contributed by atoms with Gasteiger partial charge in [0.05, 0.1) is 9.82 Å². The average Bonchev–Trinajstić information content (AvgIpc) is 2.75. The number of nitro groups is 1. The van der Waals surface area contributed by atoms with Crippen LogP contribution in [-0.2, 0) is 10.0 Å². The number of hydrogen-bond acceptors (Lipinski definition) is 5. The van der Waals surface area contributed by atoms with E-state index in [1.165, 1.54) is 24.3 Å². The monoisotopic (exact) mass is 285 g/mol. The largest absolute Gasteiger partial charge is 0.315 e. The van der Waals surface area contributed by atoms with Crippen molar-refractivity contribution >= 4 is 15.7 Å². The number of nitrogens with zero attached hydrogens (tertiary/aromatic N) is 1. The molecular weight excluding hydrogens is 270 g/mol. The van der Waals surface area contributed by atoms with Crippen molar-refractivity contribution in [3.63, 3.8) is 0 Å². The van der Waals surface area contributed by atoms with Crippen molar-refractivity contribution in [2.75, 3.05) is 13.1 Å². The molecule has 2 rings (SSSR count). The Labute approximate surface area is 111 Å². The van der Waals surface area contributed by atoms with E-state index in [-0.39, 0.29) is 10.6 Å². The lowest BCUT2D eigenvalue weighted by atomic mass is 10.0. The Balaban J connectivity index is 2.22. The van der Waals surface area contributed by atoms with Crippen LogP contribution in [-0.4, -0.2) is 32.0 Å². The number of sulfonamides is 1. The number of non-ortho nitro benzene ring substituents is 1. The van der Waals surface area contributed by atoms with E-state index in [1.54, 1.807) is 0 Å². The SMILES string of the molecule is CC1(NS(=O)(=O)c2ccc([N+](=O)[O-])cc2)CCNC1. The fraction of sp³-hybridized carbons (Fsp3) is 0.455. The highest BCUT2D eigenvalue weighted by Crippen LogP contribution is 2.20. The van der Waals surface area contributed by atoms with E-state index < -0.39 is 20.5 Å². The maximum atomic E-state index is 12.2. The topological polar surface area (TPSA) is 101 Å². The van der Waals surface area contributed by atoms with Crippen molar-refractivity contribution in [1.29, 1.82) is 0 Å². The molecule has 0 radical (unpaired) electrons. The lowest BCUT2D eigenvalue weighted by Crippen LogP contribution is -2.47. The van der Waals surface area contributed by atoms with Gasteiger partial charge in [0.1, 0.15) is 0 Å². The first kappa shape index (κ1) is 13.9. The van der Waals surface area contributed by atoms with Gasteiger partial charge in [-0.1, -0.05) is 0 Å². The van der Waals surface area contributed by atoms with Gasteiger partial charge in [0.25, 0.3) is 5.69 Å². The Kier molecular flexibility index (Phi) is 3.57. The van der Waals surface area contributed by atoms with Crippen LogP contribution in [0.5, 0.6) is 0 Å². The predicted molar refractivity (Wildman–Crippen MR) is 69.3 cm³/mol. The minimum absolute atomic E-state index is 0.0335. The van der Waals surface area contributed by atoms with Crippen molar-refractivity contribution in [3.05, 3.63) is 34.4 Å². The summed E-state index contributed by atoms with van der Waals surface area (Å²) in [7, 11) is -3.66. The molecule has 1 fully saturated rings. The standard InChI is InChI=1S/C11H15N3O4S/c1-11(6-7-12-8-11)13-19(17,18)10-4-2-9(3-5-10)14(15)16/h2-5,12-13H,6-8H2,1H3. The summed E-state index contributed by atoms with van der Waals surface area (Å²) in [5, 5.41) is 13.6.